The molecule has 2 heterocycles. The Morgan fingerprint density at radius 2 is 2.36 bits per heavy atom. The van der Waals surface area contributed by atoms with E-state index in [1.807, 2.05) is 18.5 Å². The summed E-state index contributed by atoms with van der Waals surface area (Å²) in [5.74, 6) is 0.703. The maximum atomic E-state index is 4.20. The molecule has 1 aromatic heterocycles. The fraction of sp³-hybridized carbons (Fsp3) is 0.417. The van der Waals surface area contributed by atoms with Gasteiger partial charge in [0.2, 0.25) is 0 Å². The maximum Gasteiger partial charge on any atom is 0.0429 e. The predicted octanol–water partition coefficient (Wildman–Crippen LogP) is 2.01. The van der Waals surface area contributed by atoms with Crippen LogP contribution in [0.25, 0.3) is 0 Å². The Morgan fingerprint density at radius 3 is 3.00 bits per heavy atom. The molecule has 1 aliphatic carbocycles. The van der Waals surface area contributed by atoms with E-state index in [0.717, 1.165) is 0 Å². The SMILES string of the molecule is CN1C2C=CC(C2)C1c1cccnc1. The lowest BCUT2D eigenvalue weighted by Gasteiger charge is -2.28. The Bertz CT molecular complexity index is 358. The highest BCUT2D eigenvalue weighted by Crippen LogP contribution is 2.44. The summed E-state index contributed by atoms with van der Waals surface area (Å²) in [6.07, 6.45) is 9.82. The molecule has 0 N–H and O–H groups in total. The first-order valence-electron chi connectivity index (χ1n) is 5.16. The quantitative estimate of drug-likeness (QED) is 0.624. The highest BCUT2D eigenvalue weighted by molar-refractivity contribution is 5.25. The zero-order valence-electron chi connectivity index (χ0n) is 8.30. The highest BCUT2D eigenvalue weighted by atomic mass is 15.2. The van der Waals surface area contributed by atoms with E-state index in [1.54, 1.807) is 0 Å². The molecule has 1 saturated heterocycles. The second-order valence-electron chi connectivity index (χ2n) is 4.25. The molecule has 0 aromatic carbocycles. The molecule has 3 rings (SSSR count). The molecule has 0 spiro atoms. The van der Waals surface area contributed by atoms with E-state index in [9.17, 15) is 0 Å². The average Bonchev–Trinajstić information content (AvgIpc) is 2.79. The molecular formula is C12H14N2. The van der Waals surface area contributed by atoms with Gasteiger partial charge >= 0.3 is 0 Å². The number of hydrogen-bond donors (Lipinski definition) is 0. The van der Waals surface area contributed by atoms with E-state index in [1.165, 1.54) is 12.0 Å². The van der Waals surface area contributed by atoms with Crippen LogP contribution in [-0.4, -0.2) is 23.0 Å². The Hall–Kier alpha value is -1.15. The first-order valence-corrected chi connectivity index (χ1v) is 5.16. The summed E-state index contributed by atoms with van der Waals surface area (Å²) in [5.41, 5.74) is 1.35. The van der Waals surface area contributed by atoms with Gasteiger partial charge in [-0.1, -0.05) is 18.2 Å². The van der Waals surface area contributed by atoms with Crippen LogP contribution >= 0.6 is 0 Å². The molecule has 2 nitrogen and oxygen atoms in total. The van der Waals surface area contributed by atoms with Crippen molar-refractivity contribution in [2.75, 3.05) is 7.05 Å². The predicted molar refractivity (Wildman–Crippen MR) is 55.8 cm³/mol. The highest BCUT2D eigenvalue weighted by Gasteiger charge is 2.40. The monoisotopic (exact) mass is 186 g/mol. The Morgan fingerprint density at radius 1 is 1.43 bits per heavy atom. The standard InChI is InChI=1S/C12H14N2/c1-14-11-5-4-9(7-11)12(14)10-3-2-6-13-8-10/h2-6,8-9,11-12H,7H2,1H3. The van der Waals surface area contributed by atoms with E-state index >= 15 is 0 Å². The van der Waals surface area contributed by atoms with Crippen molar-refractivity contribution >= 4 is 0 Å². The van der Waals surface area contributed by atoms with Gasteiger partial charge in [-0.2, -0.15) is 0 Å². The van der Waals surface area contributed by atoms with Gasteiger partial charge in [0.05, 0.1) is 0 Å². The van der Waals surface area contributed by atoms with Crippen LogP contribution < -0.4 is 0 Å². The summed E-state index contributed by atoms with van der Waals surface area (Å²) in [7, 11) is 2.21. The maximum absolute atomic E-state index is 4.20. The lowest BCUT2D eigenvalue weighted by Crippen LogP contribution is -2.28. The van der Waals surface area contributed by atoms with Gasteiger partial charge in [0, 0.05) is 24.5 Å². The number of aromatic nitrogens is 1. The fourth-order valence-electron chi connectivity index (χ4n) is 2.78. The number of fused-ring (bicyclic) bond motifs is 2. The van der Waals surface area contributed by atoms with Crippen molar-refractivity contribution in [3.63, 3.8) is 0 Å². The second kappa shape index (κ2) is 2.92. The van der Waals surface area contributed by atoms with E-state index < -0.39 is 0 Å². The van der Waals surface area contributed by atoms with Crippen molar-refractivity contribution in [2.24, 2.45) is 5.92 Å². The number of likely N-dealkylation sites (N-methyl/N-ethyl adjacent to an activating group) is 1. The molecule has 2 aliphatic rings. The molecule has 3 unspecified atom stereocenters. The van der Waals surface area contributed by atoms with Crippen LogP contribution in [0.5, 0.6) is 0 Å². The molecule has 3 atom stereocenters. The topological polar surface area (TPSA) is 16.1 Å². The molecule has 14 heavy (non-hydrogen) atoms. The van der Waals surface area contributed by atoms with Gasteiger partial charge in [0.1, 0.15) is 0 Å². The van der Waals surface area contributed by atoms with Gasteiger partial charge in [0.25, 0.3) is 0 Å². The smallest absolute Gasteiger partial charge is 0.0429 e. The van der Waals surface area contributed by atoms with Gasteiger partial charge in [-0.25, -0.2) is 0 Å². The largest absolute Gasteiger partial charge is 0.292 e. The molecule has 0 saturated carbocycles. The van der Waals surface area contributed by atoms with Crippen LogP contribution in [0.2, 0.25) is 0 Å². The van der Waals surface area contributed by atoms with E-state index in [-0.39, 0.29) is 0 Å². The van der Waals surface area contributed by atoms with Crippen LogP contribution in [-0.2, 0) is 0 Å². The second-order valence-corrected chi connectivity index (χ2v) is 4.25. The number of rotatable bonds is 1. The van der Waals surface area contributed by atoms with Crippen molar-refractivity contribution < 1.29 is 0 Å². The minimum atomic E-state index is 0.554. The summed E-state index contributed by atoms with van der Waals surface area (Å²) in [6, 6.07) is 5.42. The molecular weight excluding hydrogens is 172 g/mol. The summed E-state index contributed by atoms with van der Waals surface area (Å²) in [6.45, 7) is 0. The Labute approximate surface area is 84.3 Å². The Balaban J connectivity index is 1.97. The van der Waals surface area contributed by atoms with E-state index in [2.05, 4.69) is 35.1 Å². The third-order valence-electron chi connectivity index (χ3n) is 3.49. The summed E-state index contributed by atoms with van der Waals surface area (Å²) < 4.78 is 0. The molecule has 2 heteroatoms. The number of hydrogen-bond acceptors (Lipinski definition) is 2. The van der Waals surface area contributed by atoms with Crippen LogP contribution in [0, 0.1) is 5.92 Å². The molecule has 0 amide bonds. The van der Waals surface area contributed by atoms with Gasteiger partial charge in [0.15, 0.2) is 0 Å². The average molecular weight is 186 g/mol. The summed E-state index contributed by atoms with van der Waals surface area (Å²) in [4.78, 5) is 6.66. The summed E-state index contributed by atoms with van der Waals surface area (Å²) in [5, 5.41) is 0. The minimum Gasteiger partial charge on any atom is -0.292 e. The van der Waals surface area contributed by atoms with Crippen LogP contribution in [0.3, 0.4) is 0 Å². The van der Waals surface area contributed by atoms with E-state index in [0.29, 0.717) is 18.0 Å². The molecule has 2 bridgehead atoms. The van der Waals surface area contributed by atoms with Crippen molar-refractivity contribution in [1.29, 1.82) is 0 Å². The normalized spacial score (nSPS) is 35.4. The van der Waals surface area contributed by atoms with Crippen molar-refractivity contribution in [2.45, 2.75) is 18.5 Å². The third kappa shape index (κ3) is 1.04. The molecule has 1 aromatic rings. The van der Waals surface area contributed by atoms with Gasteiger partial charge in [-0.15, -0.1) is 0 Å². The minimum absolute atomic E-state index is 0.554. The number of nitrogens with zero attached hydrogens (tertiary/aromatic N) is 2. The van der Waals surface area contributed by atoms with Crippen molar-refractivity contribution in [3.8, 4) is 0 Å². The lowest BCUT2D eigenvalue weighted by atomic mass is 9.96. The van der Waals surface area contributed by atoms with Crippen molar-refractivity contribution in [3.05, 3.63) is 42.2 Å². The molecule has 1 aliphatic heterocycles. The first-order chi connectivity index (χ1) is 6.86. The van der Waals surface area contributed by atoms with Gasteiger partial charge < -0.3 is 0 Å². The van der Waals surface area contributed by atoms with Crippen molar-refractivity contribution in [1.82, 2.24) is 9.88 Å². The first kappa shape index (κ1) is 8.18. The Kier molecular flexibility index (Phi) is 1.71. The molecule has 0 radical (unpaired) electrons. The zero-order chi connectivity index (χ0) is 9.54. The van der Waals surface area contributed by atoms with Crippen LogP contribution in [0.1, 0.15) is 18.0 Å². The molecule has 1 fully saturated rings. The van der Waals surface area contributed by atoms with Crippen LogP contribution in [0.15, 0.2) is 36.7 Å². The van der Waals surface area contributed by atoms with Gasteiger partial charge in [-0.05, 0) is 31.0 Å². The van der Waals surface area contributed by atoms with Crippen LogP contribution in [0.4, 0.5) is 0 Å². The fourth-order valence-corrected chi connectivity index (χ4v) is 2.78. The molecule has 72 valence electrons. The van der Waals surface area contributed by atoms with Gasteiger partial charge in [-0.3, -0.25) is 9.88 Å². The van der Waals surface area contributed by atoms with E-state index in [4.69, 9.17) is 0 Å². The number of likely N-dealkylation sites (tertiary alicyclic amines) is 1. The summed E-state index contributed by atoms with van der Waals surface area (Å²) >= 11 is 0. The lowest BCUT2D eigenvalue weighted by molar-refractivity contribution is 0.250. The third-order valence-corrected chi connectivity index (χ3v) is 3.49. The zero-order valence-corrected chi connectivity index (χ0v) is 8.30. The number of pyridine rings is 1.